The molecule has 0 aliphatic rings. The summed E-state index contributed by atoms with van der Waals surface area (Å²) in [7, 11) is 0. The highest BCUT2D eigenvalue weighted by molar-refractivity contribution is 9.10. The van der Waals surface area contributed by atoms with Gasteiger partial charge in [0.1, 0.15) is 11.5 Å². The summed E-state index contributed by atoms with van der Waals surface area (Å²) in [6.45, 7) is 3.37. The Kier molecular flexibility index (Phi) is 8.47. The van der Waals surface area contributed by atoms with Crippen LogP contribution < -0.4 is 20.3 Å². The molecular weight excluding hydrogens is 444 g/mol. The van der Waals surface area contributed by atoms with Crippen molar-refractivity contribution in [1.29, 1.82) is 0 Å². The summed E-state index contributed by atoms with van der Waals surface area (Å²) in [5, 5.41) is 0. The second-order valence-corrected chi connectivity index (χ2v) is 6.71. The number of hydrogen-bond donors (Lipinski definition) is 2. The van der Waals surface area contributed by atoms with Crippen molar-refractivity contribution in [3.05, 3.63) is 58.1 Å². The zero-order chi connectivity index (χ0) is 21.2. The highest BCUT2D eigenvalue weighted by Crippen LogP contribution is 2.25. The Morgan fingerprint density at radius 1 is 0.931 bits per heavy atom. The van der Waals surface area contributed by atoms with Crippen LogP contribution in [-0.2, 0) is 14.3 Å². The van der Waals surface area contributed by atoms with E-state index in [0.29, 0.717) is 17.1 Å². The average Bonchev–Trinajstić information content (AvgIpc) is 2.70. The van der Waals surface area contributed by atoms with Gasteiger partial charge in [-0.05, 0) is 71.7 Å². The monoisotopic (exact) mass is 464 g/mol. The van der Waals surface area contributed by atoms with Crippen LogP contribution in [0.25, 0.3) is 0 Å². The van der Waals surface area contributed by atoms with E-state index in [4.69, 9.17) is 14.2 Å². The fourth-order valence-electron chi connectivity index (χ4n) is 2.13. The number of hydrogen-bond acceptors (Lipinski definition) is 6. The van der Waals surface area contributed by atoms with Gasteiger partial charge < -0.3 is 14.2 Å². The van der Waals surface area contributed by atoms with Crippen molar-refractivity contribution in [2.45, 2.75) is 13.8 Å². The minimum Gasteiger partial charge on any atom is -0.484 e. The lowest BCUT2D eigenvalue weighted by Gasteiger charge is -2.11. The first-order valence-corrected chi connectivity index (χ1v) is 9.55. The summed E-state index contributed by atoms with van der Waals surface area (Å²) < 4.78 is 16.3. The van der Waals surface area contributed by atoms with Gasteiger partial charge in [0.15, 0.2) is 13.2 Å². The number of carbonyl (C=O) groups excluding carboxylic acids is 3. The number of hydrazine groups is 1. The molecule has 0 fully saturated rings. The van der Waals surface area contributed by atoms with E-state index in [0.717, 1.165) is 10.0 Å². The van der Waals surface area contributed by atoms with Crippen molar-refractivity contribution < 1.29 is 28.6 Å². The molecule has 0 radical (unpaired) electrons. The standard InChI is InChI=1S/C20H21BrN2O6/c1-3-27-20(26)14-5-7-15(8-6-14)28-11-18(24)22-23-19(25)12-29-17-9-4-13(2)10-16(17)21/h4-10H,3,11-12H2,1-2H3,(H,22,24)(H,23,25). The van der Waals surface area contributed by atoms with Crippen LogP contribution >= 0.6 is 15.9 Å². The number of amides is 2. The summed E-state index contributed by atoms with van der Waals surface area (Å²) in [5.74, 6) is -0.591. The van der Waals surface area contributed by atoms with Gasteiger partial charge in [-0.25, -0.2) is 4.79 Å². The van der Waals surface area contributed by atoms with Gasteiger partial charge in [0.25, 0.3) is 11.8 Å². The molecule has 2 N–H and O–H groups in total. The van der Waals surface area contributed by atoms with E-state index in [1.165, 1.54) is 12.1 Å². The molecule has 8 nitrogen and oxygen atoms in total. The molecule has 0 spiro atoms. The Morgan fingerprint density at radius 3 is 2.14 bits per heavy atom. The lowest BCUT2D eigenvalue weighted by atomic mass is 10.2. The Hall–Kier alpha value is -3.07. The smallest absolute Gasteiger partial charge is 0.338 e. The zero-order valence-electron chi connectivity index (χ0n) is 16.0. The number of nitrogens with one attached hydrogen (secondary N) is 2. The molecule has 0 aromatic heterocycles. The van der Waals surface area contributed by atoms with Gasteiger partial charge in [-0.2, -0.15) is 0 Å². The number of halogens is 1. The highest BCUT2D eigenvalue weighted by atomic mass is 79.9. The van der Waals surface area contributed by atoms with E-state index >= 15 is 0 Å². The van der Waals surface area contributed by atoms with Gasteiger partial charge in [0, 0.05) is 0 Å². The number of rotatable bonds is 8. The van der Waals surface area contributed by atoms with Gasteiger partial charge >= 0.3 is 5.97 Å². The fraction of sp³-hybridized carbons (Fsp3) is 0.250. The van der Waals surface area contributed by atoms with Crippen LogP contribution in [0.4, 0.5) is 0 Å². The normalized spacial score (nSPS) is 10.0. The van der Waals surface area contributed by atoms with Gasteiger partial charge in [0.2, 0.25) is 0 Å². The van der Waals surface area contributed by atoms with Crippen LogP contribution in [0.5, 0.6) is 11.5 Å². The van der Waals surface area contributed by atoms with Crippen molar-refractivity contribution in [3.63, 3.8) is 0 Å². The topological polar surface area (TPSA) is 103 Å². The first-order chi connectivity index (χ1) is 13.9. The van der Waals surface area contributed by atoms with E-state index in [9.17, 15) is 14.4 Å². The largest absolute Gasteiger partial charge is 0.484 e. The van der Waals surface area contributed by atoms with Crippen LogP contribution in [-0.4, -0.2) is 37.6 Å². The van der Waals surface area contributed by atoms with E-state index in [1.54, 1.807) is 25.1 Å². The molecule has 0 bridgehead atoms. The molecule has 29 heavy (non-hydrogen) atoms. The molecule has 0 heterocycles. The van der Waals surface area contributed by atoms with Crippen molar-refractivity contribution in [3.8, 4) is 11.5 Å². The summed E-state index contributed by atoms with van der Waals surface area (Å²) in [4.78, 5) is 35.1. The third-order valence-electron chi connectivity index (χ3n) is 3.52. The quantitative estimate of drug-likeness (QED) is 0.459. The minimum absolute atomic E-state index is 0.266. The molecule has 0 saturated heterocycles. The average molecular weight is 465 g/mol. The molecule has 9 heteroatoms. The maximum Gasteiger partial charge on any atom is 0.338 e. The molecule has 0 aliphatic carbocycles. The second-order valence-electron chi connectivity index (χ2n) is 5.85. The van der Waals surface area contributed by atoms with Crippen LogP contribution in [0.1, 0.15) is 22.8 Å². The van der Waals surface area contributed by atoms with E-state index < -0.39 is 17.8 Å². The van der Waals surface area contributed by atoms with Crippen molar-refractivity contribution in [2.75, 3.05) is 19.8 Å². The first-order valence-electron chi connectivity index (χ1n) is 8.75. The Balaban J connectivity index is 1.69. The predicted octanol–water partition coefficient (Wildman–Crippen LogP) is 2.54. The molecule has 2 aromatic carbocycles. The molecule has 0 aliphatic heterocycles. The fourth-order valence-corrected chi connectivity index (χ4v) is 2.74. The Labute approximate surface area is 176 Å². The second kappa shape index (κ2) is 11.1. The highest BCUT2D eigenvalue weighted by Gasteiger charge is 2.09. The maximum absolute atomic E-state index is 11.8. The molecule has 2 amide bonds. The van der Waals surface area contributed by atoms with E-state index in [-0.39, 0.29) is 19.8 Å². The summed E-state index contributed by atoms with van der Waals surface area (Å²) in [6.07, 6.45) is 0. The minimum atomic E-state index is -0.552. The van der Waals surface area contributed by atoms with Crippen molar-refractivity contribution >= 4 is 33.7 Å². The lowest BCUT2D eigenvalue weighted by Crippen LogP contribution is -2.45. The van der Waals surface area contributed by atoms with Gasteiger partial charge in [-0.3, -0.25) is 20.4 Å². The third-order valence-corrected chi connectivity index (χ3v) is 4.14. The molecule has 154 valence electrons. The number of ether oxygens (including phenoxy) is 3. The van der Waals surface area contributed by atoms with Crippen LogP contribution in [0.2, 0.25) is 0 Å². The van der Waals surface area contributed by atoms with Gasteiger partial charge in [0.05, 0.1) is 16.6 Å². The summed E-state index contributed by atoms with van der Waals surface area (Å²) >= 11 is 3.35. The van der Waals surface area contributed by atoms with Gasteiger partial charge in [-0.15, -0.1) is 0 Å². The molecule has 2 aromatic rings. The Morgan fingerprint density at radius 2 is 1.55 bits per heavy atom. The third kappa shape index (κ3) is 7.46. The van der Waals surface area contributed by atoms with Crippen molar-refractivity contribution in [2.24, 2.45) is 0 Å². The molecule has 2 rings (SSSR count). The SMILES string of the molecule is CCOC(=O)c1ccc(OCC(=O)NNC(=O)COc2ccc(C)cc2Br)cc1. The maximum atomic E-state index is 11.8. The van der Waals surface area contributed by atoms with Crippen LogP contribution in [0.15, 0.2) is 46.9 Å². The van der Waals surface area contributed by atoms with Crippen LogP contribution in [0.3, 0.4) is 0 Å². The first kappa shape index (κ1) is 22.2. The Bertz CT molecular complexity index is 870. The van der Waals surface area contributed by atoms with E-state index in [2.05, 4.69) is 26.8 Å². The number of aryl methyl sites for hydroxylation is 1. The van der Waals surface area contributed by atoms with Gasteiger partial charge in [-0.1, -0.05) is 6.07 Å². The van der Waals surface area contributed by atoms with Crippen molar-refractivity contribution in [1.82, 2.24) is 10.9 Å². The lowest BCUT2D eigenvalue weighted by molar-refractivity contribution is -0.131. The number of esters is 1. The zero-order valence-corrected chi connectivity index (χ0v) is 17.6. The number of carbonyl (C=O) groups is 3. The molecule has 0 saturated carbocycles. The van der Waals surface area contributed by atoms with E-state index in [1.807, 2.05) is 19.1 Å². The summed E-state index contributed by atoms with van der Waals surface area (Å²) in [5.41, 5.74) is 5.91. The van der Waals surface area contributed by atoms with Crippen LogP contribution in [0, 0.1) is 6.92 Å². The molecular formula is C20H21BrN2O6. The number of benzene rings is 2. The summed E-state index contributed by atoms with van der Waals surface area (Å²) in [6, 6.07) is 11.6. The molecule has 0 atom stereocenters. The predicted molar refractivity (Wildman–Crippen MR) is 109 cm³/mol. The molecule has 0 unspecified atom stereocenters.